The predicted octanol–water partition coefficient (Wildman–Crippen LogP) is 1.75. The first-order valence-corrected chi connectivity index (χ1v) is 6.44. The Morgan fingerprint density at radius 3 is 2.71 bits per heavy atom. The number of benzene rings is 1. The van der Waals surface area contributed by atoms with Crippen molar-refractivity contribution in [1.29, 1.82) is 5.26 Å². The molecule has 1 atom stereocenters. The van der Waals surface area contributed by atoms with E-state index in [1.165, 1.54) is 25.2 Å². The van der Waals surface area contributed by atoms with Crippen LogP contribution in [0.4, 0.5) is 4.39 Å². The number of halogens is 1. The third-order valence-electron chi connectivity index (χ3n) is 2.48. The van der Waals surface area contributed by atoms with Crippen molar-refractivity contribution in [1.82, 2.24) is 4.31 Å². The Hall–Kier alpha value is -1.45. The van der Waals surface area contributed by atoms with Crippen LogP contribution in [0.3, 0.4) is 0 Å². The molecule has 0 bridgehead atoms. The van der Waals surface area contributed by atoms with Gasteiger partial charge in [-0.3, -0.25) is 0 Å². The Morgan fingerprint density at radius 1 is 1.53 bits per heavy atom. The lowest BCUT2D eigenvalue weighted by atomic mass is 10.3. The van der Waals surface area contributed by atoms with Crippen LogP contribution < -0.4 is 0 Å². The van der Waals surface area contributed by atoms with Crippen molar-refractivity contribution >= 4 is 10.0 Å². The van der Waals surface area contributed by atoms with Crippen molar-refractivity contribution in [2.24, 2.45) is 0 Å². The SMILES string of the molecule is CC(CC#N)N(C)S(=O)(=O)c1cccc(F)c1. The van der Waals surface area contributed by atoms with Gasteiger partial charge in [-0.2, -0.15) is 9.57 Å². The fourth-order valence-electron chi connectivity index (χ4n) is 1.29. The zero-order valence-corrected chi connectivity index (χ0v) is 10.4. The summed E-state index contributed by atoms with van der Waals surface area (Å²) in [6.07, 6.45) is 0.0883. The van der Waals surface area contributed by atoms with Crippen LogP contribution in [0.15, 0.2) is 29.2 Å². The van der Waals surface area contributed by atoms with E-state index in [1.807, 2.05) is 6.07 Å². The summed E-state index contributed by atoms with van der Waals surface area (Å²) in [6.45, 7) is 1.63. The third kappa shape index (κ3) is 3.02. The highest BCUT2D eigenvalue weighted by atomic mass is 32.2. The molecule has 0 aliphatic carbocycles. The molecule has 1 rings (SSSR count). The topological polar surface area (TPSA) is 61.2 Å². The van der Waals surface area contributed by atoms with Crippen LogP contribution in [-0.4, -0.2) is 25.8 Å². The van der Waals surface area contributed by atoms with E-state index in [1.54, 1.807) is 6.92 Å². The Bertz CT molecular complexity index is 537. The summed E-state index contributed by atoms with van der Waals surface area (Å²) < 4.78 is 38.2. The first-order chi connectivity index (χ1) is 7.89. The second-order valence-electron chi connectivity index (χ2n) is 3.69. The first kappa shape index (κ1) is 13.6. The van der Waals surface area contributed by atoms with Crippen molar-refractivity contribution < 1.29 is 12.8 Å². The molecule has 4 nitrogen and oxygen atoms in total. The minimum Gasteiger partial charge on any atom is -0.207 e. The van der Waals surface area contributed by atoms with Gasteiger partial charge in [-0.05, 0) is 25.1 Å². The van der Waals surface area contributed by atoms with E-state index < -0.39 is 21.9 Å². The summed E-state index contributed by atoms with van der Waals surface area (Å²) in [5.74, 6) is -0.604. The average Bonchev–Trinajstić information content (AvgIpc) is 2.28. The highest BCUT2D eigenvalue weighted by Gasteiger charge is 2.25. The van der Waals surface area contributed by atoms with E-state index >= 15 is 0 Å². The molecule has 0 aromatic heterocycles. The Morgan fingerprint density at radius 2 is 2.18 bits per heavy atom. The highest BCUT2D eigenvalue weighted by molar-refractivity contribution is 7.89. The van der Waals surface area contributed by atoms with Crippen LogP contribution in [-0.2, 0) is 10.0 Å². The number of rotatable bonds is 4. The van der Waals surface area contributed by atoms with Crippen LogP contribution in [0.1, 0.15) is 13.3 Å². The van der Waals surface area contributed by atoms with Gasteiger partial charge in [0.15, 0.2) is 0 Å². The zero-order chi connectivity index (χ0) is 13.1. The van der Waals surface area contributed by atoms with Gasteiger partial charge in [-0.1, -0.05) is 6.07 Å². The van der Waals surface area contributed by atoms with Gasteiger partial charge >= 0.3 is 0 Å². The molecule has 0 saturated heterocycles. The van der Waals surface area contributed by atoms with E-state index in [4.69, 9.17) is 5.26 Å². The number of sulfonamides is 1. The summed E-state index contributed by atoms with van der Waals surface area (Å²) in [4.78, 5) is -0.107. The van der Waals surface area contributed by atoms with Crippen molar-refractivity contribution in [3.63, 3.8) is 0 Å². The molecule has 6 heteroatoms. The largest absolute Gasteiger partial charge is 0.243 e. The number of hydrogen-bond acceptors (Lipinski definition) is 3. The third-order valence-corrected chi connectivity index (χ3v) is 4.45. The van der Waals surface area contributed by atoms with Gasteiger partial charge in [0.25, 0.3) is 0 Å². The van der Waals surface area contributed by atoms with Crippen molar-refractivity contribution in [2.75, 3.05) is 7.05 Å². The number of nitriles is 1. The minimum absolute atomic E-state index is 0.0883. The molecular weight excluding hydrogens is 243 g/mol. The molecule has 0 fully saturated rings. The van der Waals surface area contributed by atoms with Gasteiger partial charge in [0.05, 0.1) is 17.4 Å². The molecule has 0 saturated carbocycles. The maximum absolute atomic E-state index is 13.0. The van der Waals surface area contributed by atoms with Crippen molar-refractivity contribution in [3.05, 3.63) is 30.1 Å². The lowest BCUT2D eigenvalue weighted by molar-refractivity contribution is 0.393. The minimum atomic E-state index is -3.74. The fraction of sp³-hybridized carbons (Fsp3) is 0.364. The van der Waals surface area contributed by atoms with Gasteiger partial charge < -0.3 is 0 Å². The number of hydrogen-bond donors (Lipinski definition) is 0. The normalized spacial score (nSPS) is 13.4. The smallest absolute Gasteiger partial charge is 0.207 e. The van der Waals surface area contributed by atoms with E-state index in [0.717, 1.165) is 10.4 Å². The standard InChI is InChI=1S/C11H13FN2O2S/c1-9(6-7-13)14(2)17(15,16)11-5-3-4-10(12)8-11/h3-5,8-9H,6H2,1-2H3. The zero-order valence-electron chi connectivity index (χ0n) is 9.59. The highest BCUT2D eigenvalue weighted by Crippen LogP contribution is 2.18. The average molecular weight is 256 g/mol. The Kier molecular flexibility index (Phi) is 4.21. The van der Waals surface area contributed by atoms with E-state index in [0.29, 0.717) is 0 Å². The molecule has 1 aromatic rings. The van der Waals surface area contributed by atoms with Crippen LogP contribution in [0.25, 0.3) is 0 Å². The molecule has 0 N–H and O–H groups in total. The maximum atomic E-state index is 13.0. The van der Waals surface area contributed by atoms with Crippen molar-refractivity contribution in [3.8, 4) is 6.07 Å². The monoisotopic (exact) mass is 256 g/mol. The summed E-state index contributed by atoms with van der Waals surface area (Å²) in [6, 6.07) is 6.26. The summed E-state index contributed by atoms with van der Waals surface area (Å²) in [5.41, 5.74) is 0. The molecule has 0 aliphatic rings. The molecule has 0 amide bonds. The quantitative estimate of drug-likeness (QED) is 0.824. The maximum Gasteiger partial charge on any atom is 0.243 e. The molecule has 0 heterocycles. The van der Waals surface area contributed by atoms with Gasteiger partial charge in [0.1, 0.15) is 5.82 Å². The molecule has 1 unspecified atom stereocenters. The van der Waals surface area contributed by atoms with Crippen LogP contribution in [0.5, 0.6) is 0 Å². The summed E-state index contributed by atoms with van der Waals surface area (Å²) in [5, 5.41) is 8.53. The van der Waals surface area contributed by atoms with Gasteiger partial charge in [-0.15, -0.1) is 0 Å². The number of nitrogens with zero attached hydrogens (tertiary/aromatic N) is 2. The van der Waals surface area contributed by atoms with Crippen LogP contribution in [0, 0.1) is 17.1 Å². The van der Waals surface area contributed by atoms with Gasteiger partial charge in [-0.25, -0.2) is 12.8 Å². The second kappa shape index (κ2) is 5.25. The second-order valence-corrected chi connectivity index (χ2v) is 5.69. The van der Waals surface area contributed by atoms with Crippen molar-refractivity contribution in [2.45, 2.75) is 24.3 Å². The fourth-order valence-corrected chi connectivity index (χ4v) is 2.68. The Labute approximate surface area is 100 Å². The lowest BCUT2D eigenvalue weighted by Gasteiger charge is -2.22. The molecule has 92 valence electrons. The van der Waals surface area contributed by atoms with E-state index in [9.17, 15) is 12.8 Å². The predicted molar refractivity (Wildman–Crippen MR) is 61.0 cm³/mol. The van der Waals surface area contributed by atoms with E-state index in [-0.39, 0.29) is 11.3 Å². The van der Waals surface area contributed by atoms with Gasteiger partial charge in [0, 0.05) is 13.1 Å². The van der Waals surface area contributed by atoms with Crippen LogP contribution >= 0.6 is 0 Å². The molecule has 17 heavy (non-hydrogen) atoms. The molecule has 0 radical (unpaired) electrons. The molecule has 1 aromatic carbocycles. The van der Waals surface area contributed by atoms with E-state index in [2.05, 4.69) is 0 Å². The summed E-state index contributed by atoms with van der Waals surface area (Å²) >= 11 is 0. The molecular formula is C11H13FN2O2S. The summed E-state index contributed by atoms with van der Waals surface area (Å²) in [7, 11) is -2.36. The first-order valence-electron chi connectivity index (χ1n) is 5.00. The lowest BCUT2D eigenvalue weighted by Crippen LogP contribution is -2.34. The van der Waals surface area contributed by atoms with Gasteiger partial charge in [0.2, 0.25) is 10.0 Å². The van der Waals surface area contributed by atoms with Crippen LogP contribution in [0.2, 0.25) is 0 Å². The Balaban J connectivity index is 3.08. The molecule has 0 spiro atoms. The molecule has 0 aliphatic heterocycles.